The summed E-state index contributed by atoms with van der Waals surface area (Å²) < 4.78 is 6.62. The van der Waals surface area contributed by atoms with E-state index in [2.05, 4.69) is 21.2 Å². The topological polar surface area (TPSA) is 92.4 Å². The zero-order chi connectivity index (χ0) is 23.4. The van der Waals surface area contributed by atoms with Crippen LogP contribution in [0.15, 0.2) is 51.4 Å². The molecule has 2 aromatic carbocycles. The van der Waals surface area contributed by atoms with Gasteiger partial charge in [-0.2, -0.15) is 0 Å². The number of hydrogen-bond donors (Lipinski definition) is 2. The van der Waals surface area contributed by atoms with Gasteiger partial charge < -0.3 is 14.8 Å². The lowest BCUT2D eigenvalue weighted by Crippen LogP contribution is -2.26. The van der Waals surface area contributed by atoms with Gasteiger partial charge in [0.1, 0.15) is 5.69 Å². The number of pyridine rings is 1. The first-order valence-electron chi connectivity index (χ1n) is 10.0. The molecule has 9 heteroatoms. The third-order valence-corrected chi connectivity index (χ3v) is 6.60. The maximum absolute atomic E-state index is 12.8. The molecule has 0 radical (unpaired) electrons. The van der Waals surface area contributed by atoms with Crippen LogP contribution in [0, 0.1) is 0 Å². The van der Waals surface area contributed by atoms with Crippen molar-refractivity contribution in [2.45, 2.75) is 19.4 Å². The van der Waals surface area contributed by atoms with E-state index in [1.54, 1.807) is 43.3 Å². The number of anilines is 1. The SMILES string of the molecule is CCC(=O)c1oc2nc(-c3ccc(Br)cc3Cl)c(-c3ccc(Cl)cc3)c3c2c1NC(=O)[C@H]3O. The van der Waals surface area contributed by atoms with Crippen molar-refractivity contribution in [1.82, 2.24) is 4.98 Å². The molecule has 1 aliphatic heterocycles. The van der Waals surface area contributed by atoms with Crippen LogP contribution in [0.4, 0.5) is 5.69 Å². The summed E-state index contributed by atoms with van der Waals surface area (Å²) in [5.74, 6) is -0.950. The number of carbonyl (C=O) groups excluding carboxylic acids is 2. The van der Waals surface area contributed by atoms with Crippen molar-refractivity contribution in [2.24, 2.45) is 0 Å². The van der Waals surface area contributed by atoms with Gasteiger partial charge in [-0.25, -0.2) is 4.98 Å². The van der Waals surface area contributed by atoms with Crippen LogP contribution in [0.1, 0.15) is 35.6 Å². The summed E-state index contributed by atoms with van der Waals surface area (Å²) in [6, 6.07) is 12.3. The molecule has 1 aliphatic rings. The van der Waals surface area contributed by atoms with E-state index in [1.807, 2.05) is 6.07 Å². The molecule has 3 heterocycles. The molecule has 2 aromatic heterocycles. The van der Waals surface area contributed by atoms with Gasteiger partial charge in [0.2, 0.25) is 5.71 Å². The van der Waals surface area contributed by atoms with Gasteiger partial charge in [-0.3, -0.25) is 9.59 Å². The van der Waals surface area contributed by atoms with Crippen molar-refractivity contribution in [1.29, 1.82) is 0 Å². The Morgan fingerprint density at radius 1 is 1.21 bits per heavy atom. The van der Waals surface area contributed by atoms with Gasteiger partial charge in [-0.05, 0) is 29.8 Å². The van der Waals surface area contributed by atoms with Crippen LogP contribution in [0.2, 0.25) is 10.0 Å². The molecule has 1 amide bonds. The van der Waals surface area contributed by atoms with Crippen molar-refractivity contribution in [2.75, 3.05) is 5.32 Å². The number of carbonyl (C=O) groups is 2. The van der Waals surface area contributed by atoms with Crippen LogP contribution in [-0.2, 0) is 4.79 Å². The molecule has 0 saturated carbocycles. The van der Waals surface area contributed by atoms with Gasteiger partial charge in [0.25, 0.3) is 5.91 Å². The van der Waals surface area contributed by atoms with E-state index in [-0.39, 0.29) is 29.4 Å². The Morgan fingerprint density at radius 3 is 2.61 bits per heavy atom. The van der Waals surface area contributed by atoms with Gasteiger partial charge in [0, 0.05) is 32.6 Å². The van der Waals surface area contributed by atoms with Crippen LogP contribution < -0.4 is 5.32 Å². The Bertz CT molecular complexity index is 1460. The molecule has 0 saturated heterocycles. The maximum atomic E-state index is 12.8. The van der Waals surface area contributed by atoms with Crippen molar-refractivity contribution in [3.8, 4) is 22.4 Å². The lowest BCUT2D eigenvalue weighted by atomic mass is 9.88. The first-order valence-corrected chi connectivity index (χ1v) is 11.6. The van der Waals surface area contributed by atoms with Gasteiger partial charge in [-0.15, -0.1) is 0 Å². The van der Waals surface area contributed by atoms with Crippen LogP contribution in [0.3, 0.4) is 0 Å². The molecular weight excluding hydrogens is 531 g/mol. The van der Waals surface area contributed by atoms with E-state index in [0.717, 1.165) is 4.47 Å². The van der Waals surface area contributed by atoms with Gasteiger partial charge in [0.05, 0.1) is 16.1 Å². The standard InChI is InChI=1S/C24H15BrCl2N2O4/c1-2-15(30)22-20-18-17(21(31)23(32)28-20)16(10-3-6-12(26)7-4-10)19(29-24(18)33-22)13-8-5-11(25)9-14(13)27/h3-9,21,31H,2H2,1H3,(H,28,32)/t21-/m0/s1. The highest BCUT2D eigenvalue weighted by Gasteiger charge is 2.37. The van der Waals surface area contributed by atoms with E-state index >= 15 is 0 Å². The minimum Gasteiger partial charge on any atom is -0.432 e. The van der Waals surface area contributed by atoms with Crippen molar-refractivity contribution in [3.05, 3.63) is 68.3 Å². The number of rotatable bonds is 4. The van der Waals surface area contributed by atoms with E-state index in [0.29, 0.717) is 43.4 Å². The summed E-state index contributed by atoms with van der Waals surface area (Å²) in [7, 11) is 0. The second-order valence-corrected chi connectivity index (χ2v) is 9.29. The third-order valence-electron chi connectivity index (χ3n) is 5.54. The maximum Gasteiger partial charge on any atom is 0.258 e. The van der Waals surface area contributed by atoms with Crippen LogP contribution in [0.25, 0.3) is 33.5 Å². The molecule has 2 N–H and O–H groups in total. The third kappa shape index (κ3) is 3.56. The first kappa shape index (κ1) is 22.1. The predicted octanol–water partition coefficient (Wildman–Crippen LogP) is 6.81. The Balaban J connectivity index is 1.96. The number of nitrogens with one attached hydrogen (secondary N) is 1. The molecule has 1 atom stereocenters. The molecule has 0 fully saturated rings. The molecule has 0 unspecified atom stereocenters. The summed E-state index contributed by atoms with van der Waals surface area (Å²) in [6.45, 7) is 1.70. The fourth-order valence-electron chi connectivity index (χ4n) is 4.02. The van der Waals surface area contributed by atoms with Gasteiger partial charge >= 0.3 is 0 Å². The van der Waals surface area contributed by atoms with E-state index in [9.17, 15) is 14.7 Å². The number of aliphatic hydroxyl groups excluding tert-OH is 1. The summed E-state index contributed by atoms with van der Waals surface area (Å²) in [5, 5.41) is 14.9. The number of aliphatic hydroxyl groups is 1. The Hall–Kier alpha value is -2.71. The molecule has 0 bridgehead atoms. The smallest absolute Gasteiger partial charge is 0.258 e. The first-order chi connectivity index (χ1) is 15.8. The summed E-state index contributed by atoms with van der Waals surface area (Å²) in [6.07, 6.45) is -1.33. The summed E-state index contributed by atoms with van der Waals surface area (Å²) >= 11 is 16.1. The summed E-state index contributed by atoms with van der Waals surface area (Å²) in [5.41, 5.74) is 2.80. The zero-order valence-corrected chi connectivity index (χ0v) is 20.2. The molecule has 0 aliphatic carbocycles. The van der Waals surface area contributed by atoms with Gasteiger partial charge in [-0.1, -0.05) is 64.3 Å². The molecule has 6 nitrogen and oxygen atoms in total. The highest BCUT2D eigenvalue weighted by atomic mass is 79.9. The number of nitrogens with zero attached hydrogens (tertiary/aromatic N) is 1. The normalized spacial score (nSPS) is 15.1. The number of hydrogen-bond acceptors (Lipinski definition) is 5. The number of ketones is 1. The molecular formula is C24H15BrCl2N2O4. The van der Waals surface area contributed by atoms with Crippen LogP contribution in [0.5, 0.6) is 0 Å². The second-order valence-electron chi connectivity index (χ2n) is 7.54. The monoisotopic (exact) mass is 544 g/mol. The predicted molar refractivity (Wildman–Crippen MR) is 131 cm³/mol. The molecule has 33 heavy (non-hydrogen) atoms. The Kier molecular flexibility index (Phi) is 5.53. The lowest BCUT2D eigenvalue weighted by molar-refractivity contribution is -0.124. The molecule has 166 valence electrons. The van der Waals surface area contributed by atoms with Crippen molar-refractivity contribution < 1.29 is 19.1 Å². The number of halogens is 3. The number of amides is 1. The van der Waals surface area contributed by atoms with E-state index in [4.69, 9.17) is 32.6 Å². The Labute approximate surface area is 206 Å². The van der Waals surface area contributed by atoms with E-state index in [1.165, 1.54) is 0 Å². The highest BCUT2D eigenvalue weighted by Crippen LogP contribution is 2.48. The average Bonchev–Trinajstić information content (AvgIpc) is 3.15. The quantitative estimate of drug-likeness (QED) is 0.275. The average molecular weight is 546 g/mol. The molecule has 5 rings (SSSR count). The Morgan fingerprint density at radius 2 is 1.94 bits per heavy atom. The largest absolute Gasteiger partial charge is 0.432 e. The number of aromatic nitrogens is 1. The molecule has 0 spiro atoms. The highest BCUT2D eigenvalue weighted by molar-refractivity contribution is 9.10. The zero-order valence-electron chi connectivity index (χ0n) is 17.1. The van der Waals surface area contributed by atoms with Gasteiger partial charge in [0.15, 0.2) is 17.6 Å². The minimum absolute atomic E-state index is 0.00242. The fourth-order valence-corrected chi connectivity index (χ4v) is 4.90. The lowest BCUT2D eigenvalue weighted by Gasteiger charge is -2.24. The number of furan rings is 1. The number of benzene rings is 2. The van der Waals surface area contributed by atoms with Crippen molar-refractivity contribution >= 4 is 67.6 Å². The summed E-state index contributed by atoms with van der Waals surface area (Å²) in [4.78, 5) is 30.0. The van der Waals surface area contributed by atoms with Crippen LogP contribution >= 0.6 is 39.1 Å². The number of Topliss-reactive ketones (excluding diaryl/α,β-unsaturated/α-hetero) is 1. The fraction of sp³-hybridized carbons (Fsp3) is 0.125. The van der Waals surface area contributed by atoms with Crippen LogP contribution in [-0.4, -0.2) is 21.8 Å². The molecule has 4 aromatic rings. The van der Waals surface area contributed by atoms with E-state index < -0.39 is 12.0 Å². The second kappa shape index (κ2) is 8.25. The van der Waals surface area contributed by atoms with Crippen molar-refractivity contribution in [3.63, 3.8) is 0 Å². The minimum atomic E-state index is -1.51.